The Morgan fingerprint density at radius 1 is 1.05 bits per heavy atom. The fourth-order valence-electron chi connectivity index (χ4n) is 4.18. The van der Waals surface area contributed by atoms with Crippen LogP contribution in [0, 0.1) is 11.3 Å². The summed E-state index contributed by atoms with van der Waals surface area (Å²) in [5.41, 5.74) is 0.512. The van der Waals surface area contributed by atoms with Gasteiger partial charge in [-0.1, -0.05) is 41.0 Å². The lowest BCUT2D eigenvalue weighted by molar-refractivity contribution is 0.0485. The van der Waals surface area contributed by atoms with E-state index < -0.39 is 0 Å². The van der Waals surface area contributed by atoms with Crippen molar-refractivity contribution < 1.29 is 0 Å². The number of nitrogens with zero attached hydrogens (tertiary/aromatic N) is 1. The normalized spacial score (nSPS) is 31.8. The molecular weight excluding hydrogens is 244 g/mol. The van der Waals surface area contributed by atoms with Crippen LogP contribution in [0.2, 0.25) is 0 Å². The smallest absolute Gasteiger partial charge is 0.0254 e. The molecule has 2 aliphatic rings. The van der Waals surface area contributed by atoms with Crippen LogP contribution in [0.15, 0.2) is 0 Å². The Kier molecular flexibility index (Phi) is 5.53. The van der Waals surface area contributed by atoms with E-state index in [0.29, 0.717) is 5.41 Å². The third-order valence-electron chi connectivity index (χ3n) is 6.11. The third-order valence-corrected chi connectivity index (χ3v) is 6.11. The van der Waals surface area contributed by atoms with Crippen LogP contribution in [0.5, 0.6) is 0 Å². The van der Waals surface area contributed by atoms with Gasteiger partial charge in [0.15, 0.2) is 0 Å². The minimum absolute atomic E-state index is 0.512. The minimum Gasteiger partial charge on any atom is -0.313 e. The first-order valence-electron chi connectivity index (χ1n) is 9.02. The van der Waals surface area contributed by atoms with E-state index in [1.54, 1.807) is 0 Å². The zero-order valence-corrected chi connectivity index (χ0v) is 14.4. The molecule has 2 heteroatoms. The topological polar surface area (TPSA) is 15.3 Å². The third kappa shape index (κ3) is 3.57. The Morgan fingerprint density at radius 3 is 2.25 bits per heavy atom. The Balaban J connectivity index is 2.08. The molecule has 2 rings (SSSR count). The first-order valence-corrected chi connectivity index (χ1v) is 9.02. The van der Waals surface area contributed by atoms with Gasteiger partial charge in [0.25, 0.3) is 0 Å². The number of hydrogen-bond acceptors (Lipinski definition) is 2. The molecule has 3 atom stereocenters. The van der Waals surface area contributed by atoms with Crippen molar-refractivity contribution in [2.24, 2.45) is 11.3 Å². The van der Waals surface area contributed by atoms with Crippen molar-refractivity contribution in [3.63, 3.8) is 0 Å². The van der Waals surface area contributed by atoms with Crippen LogP contribution in [-0.2, 0) is 0 Å². The maximum atomic E-state index is 3.78. The first-order chi connectivity index (χ1) is 9.53. The second kappa shape index (κ2) is 6.79. The number of rotatable bonds is 7. The summed E-state index contributed by atoms with van der Waals surface area (Å²) in [5.74, 6) is 0.903. The SMILES string of the molecule is CCNC1CCC(C(C)(C)CC)CC1N(CC)C1CC1. The lowest BCUT2D eigenvalue weighted by Gasteiger charge is -2.47. The van der Waals surface area contributed by atoms with Crippen molar-refractivity contribution in [3.05, 3.63) is 0 Å². The van der Waals surface area contributed by atoms with Gasteiger partial charge < -0.3 is 5.32 Å². The molecule has 0 saturated heterocycles. The minimum atomic E-state index is 0.512. The van der Waals surface area contributed by atoms with E-state index >= 15 is 0 Å². The predicted octanol–water partition coefficient (Wildman–Crippen LogP) is 4.05. The molecule has 20 heavy (non-hydrogen) atoms. The van der Waals surface area contributed by atoms with Crippen LogP contribution in [0.1, 0.15) is 73.1 Å². The lowest BCUT2D eigenvalue weighted by atomic mass is 9.67. The summed E-state index contributed by atoms with van der Waals surface area (Å²) < 4.78 is 0. The highest BCUT2D eigenvalue weighted by Crippen LogP contribution is 2.43. The average molecular weight is 281 g/mol. The quantitative estimate of drug-likeness (QED) is 0.757. The molecule has 0 aromatic rings. The molecule has 0 aliphatic heterocycles. The second-order valence-corrected chi connectivity index (χ2v) is 7.65. The molecule has 1 N–H and O–H groups in total. The monoisotopic (exact) mass is 280 g/mol. The molecule has 0 heterocycles. The van der Waals surface area contributed by atoms with Gasteiger partial charge in [-0.3, -0.25) is 4.90 Å². The molecule has 118 valence electrons. The molecule has 2 nitrogen and oxygen atoms in total. The summed E-state index contributed by atoms with van der Waals surface area (Å²) in [6.07, 6.45) is 8.37. The molecule has 0 radical (unpaired) electrons. The van der Waals surface area contributed by atoms with Crippen LogP contribution < -0.4 is 5.32 Å². The summed E-state index contributed by atoms with van der Waals surface area (Å²) in [5, 5.41) is 3.78. The van der Waals surface area contributed by atoms with E-state index in [-0.39, 0.29) is 0 Å². The Labute approximate surface area is 126 Å². The van der Waals surface area contributed by atoms with Crippen molar-refractivity contribution >= 4 is 0 Å². The standard InChI is InChI=1S/C18H36N2/c1-6-18(4,5)14-9-12-16(19-7-2)17(13-14)20(8-3)15-10-11-15/h14-17,19H,6-13H2,1-5H3. The number of nitrogens with one attached hydrogen (secondary N) is 1. The maximum Gasteiger partial charge on any atom is 0.0254 e. The zero-order valence-electron chi connectivity index (χ0n) is 14.4. The molecule has 3 unspecified atom stereocenters. The molecule has 0 spiro atoms. The number of hydrogen-bond donors (Lipinski definition) is 1. The first kappa shape index (κ1) is 16.3. The van der Waals surface area contributed by atoms with E-state index in [0.717, 1.165) is 30.6 Å². The van der Waals surface area contributed by atoms with Crippen LogP contribution in [0.25, 0.3) is 0 Å². The van der Waals surface area contributed by atoms with Crippen LogP contribution in [0.3, 0.4) is 0 Å². The maximum absolute atomic E-state index is 3.78. The van der Waals surface area contributed by atoms with Crippen molar-refractivity contribution in [2.45, 2.75) is 91.3 Å². The zero-order chi connectivity index (χ0) is 14.8. The highest BCUT2D eigenvalue weighted by molar-refractivity contribution is 4.98. The summed E-state index contributed by atoms with van der Waals surface area (Å²) in [6.45, 7) is 14.3. The van der Waals surface area contributed by atoms with Crippen LogP contribution in [0.4, 0.5) is 0 Å². The van der Waals surface area contributed by atoms with Gasteiger partial charge in [0.1, 0.15) is 0 Å². The van der Waals surface area contributed by atoms with Gasteiger partial charge in [-0.2, -0.15) is 0 Å². The largest absolute Gasteiger partial charge is 0.313 e. The van der Waals surface area contributed by atoms with Gasteiger partial charge in [-0.05, 0) is 56.5 Å². The van der Waals surface area contributed by atoms with E-state index in [4.69, 9.17) is 0 Å². The Morgan fingerprint density at radius 2 is 1.75 bits per heavy atom. The Hall–Kier alpha value is -0.0800. The molecule has 0 aromatic carbocycles. The highest BCUT2D eigenvalue weighted by atomic mass is 15.2. The molecule has 2 aliphatic carbocycles. The molecular formula is C18H36N2. The molecule has 2 saturated carbocycles. The molecule has 0 bridgehead atoms. The highest BCUT2D eigenvalue weighted by Gasteiger charge is 2.42. The van der Waals surface area contributed by atoms with Gasteiger partial charge in [0, 0.05) is 18.1 Å². The molecule has 2 fully saturated rings. The van der Waals surface area contributed by atoms with Crippen LogP contribution in [-0.4, -0.2) is 36.1 Å². The number of likely N-dealkylation sites (N-methyl/N-ethyl adjacent to an activating group) is 2. The van der Waals surface area contributed by atoms with Crippen molar-refractivity contribution in [1.82, 2.24) is 10.2 Å². The van der Waals surface area contributed by atoms with Gasteiger partial charge >= 0.3 is 0 Å². The van der Waals surface area contributed by atoms with E-state index in [2.05, 4.69) is 44.8 Å². The van der Waals surface area contributed by atoms with Gasteiger partial charge in [0.05, 0.1) is 0 Å². The van der Waals surface area contributed by atoms with Gasteiger partial charge in [0.2, 0.25) is 0 Å². The van der Waals surface area contributed by atoms with E-state index in [1.807, 2.05) is 0 Å². The fourth-order valence-corrected chi connectivity index (χ4v) is 4.18. The van der Waals surface area contributed by atoms with Crippen molar-refractivity contribution in [1.29, 1.82) is 0 Å². The lowest BCUT2D eigenvalue weighted by Crippen LogP contribution is -2.55. The summed E-state index contributed by atoms with van der Waals surface area (Å²) in [6, 6.07) is 2.40. The van der Waals surface area contributed by atoms with E-state index in [1.165, 1.54) is 45.1 Å². The van der Waals surface area contributed by atoms with Gasteiger partial charge in [-0.15, -0.1) is 0 Å². The summed E-state index contributed by atoms with van der Waals surface area (Å²) in [4.78, 5) is 2.82. The summed E-state index contributed by atoms with van der Waals surface area (Å²) in [7, 11) is 0. The fraction of sp³-hybridized carbons (Fsp3) is 1.00. The van der Waals surface area contributed by atoms with E-state index in [9.17, 15) is 0 Å². The second-order valence-electron chi connectivity index (χ2n) is 7.65. The molecule has 0 aromatic heterocycles. The van der Waals surface area contributed by atoms with Crippen LogP contribution >= 0.6 is 0 Å². The molecule has 0 amide bonds. The average Bonchev–Trinajstić information content (AvgIpc) is 3.26. The summed E-state index contributed by atoms with van der Waals surface area (Å²) >= 11 is 0. The predicted molar refractivity (Wildman–Crippen MR) is 88.1 cm³/mol. The van der Waals surface area contributed by atoms with Crippen molar-refractivity contribution in [2.75, 3.05) is 13.1 Å². The Bertz CT molecular complexity index is 296. The van der Waals surface area contributed by atoms with Gasteiger partial charge in [-0.25, -0.2) is 0 Å². The van der Waals surface area contributed by atoms with Crippen molar-refractivity contribution in [3.8, 4) is 0 Å².